The Labute approximate surface area is 172 Å². The second kappa shape index (κ2) is 8.89. The van der Waals surface area contributed by atoms with Crippen LogP contribution in [0.4, 0.5) is 22.0 Å². The molecule has 0 saturated carbocycles. The van der Waals surface area contributed by atoms with E-state index in [1.54, 1.807) is 11.5 Å². The van der Waals surface area contributed by atoms with Crippen molar-refractivity contribution in [2.45, 2.75) is 11.3 Å². The van der Waals surface area contributed by atoms with Crippen LogP contribution in [0.5, 0.6) is 5.75 Å². The van der Waals surface area contributed by atoms with Gasteiger partial charge in [-0.2, -0.15) is 5.26 Å². The van der Waals surface area contributed by atoms with Gasteiger partial charge in [0.05, 0.1) is 10.5 Å². The van der Waals surface area contributed by atoms with Crippen molar-refractivity contribution < 1.29 is 26.7 Å². The highest BCUT2D eigenvalue weighted by molar-refractivity contribution is 8.03. The molecule has 150 valence electrons. The summed E-state index contributed by atoms with van der Waals surface area (Å²) in [5, 5.41) is 10.4. The Morgan fingerprint density at radius 3 is 2.10 bits per heavy atom. The largest absolute Gasteiger partial charge is 0.573 e. The second-order valence-electron chi connectivity index (χ2n) is 5.86. The molecule has 0 aliphatic carbocycles. The van der Waals surface area contributed by atoms with Crippen LogP contribution in [0.2, 0.25) is 0 Å². The quantitative estimate of drug-likeness (QED) is 0.205. The first-order valence-electron chi connectivity index (χ1n) is 8.28. The van der Waals surface area contributed by atoms with Crippen molar-refractivity contribution in [3.8, 4) is 34.1 Å². The topological polar surface area (TPSA) is 33.0 Å². The molecule has 8 heteroatoms. The maximum atomic E-state index is 14.4. The summed E-state index contributed by atoms with van der Waals surface area (Å²) in [4.78, 5) is 0.172. The number of halogens is 5. The summed E-state index contributed by atoms with van der Waals surface area (Å²) in [6.45, 7) is 0. The van der Waals surface area contributed by atoms with Crippen molar-refractivity contribution in [2.75, 3.05) is 0 Å². The van der Waals surface area contributed by atoms with Gasteiger partial charge in [0.25, 0.3) is 0 Å². The Kier molecular flexibility index (Phi) is 6.29. The third kappa shape index (κ3) is 5.53. The van der Waals surface area contributed by atoms with E-state index in [9.17, 15) is 22.0 Å². The first kappa shape index (κ1) is 21.2. The zero-order chi connectivity index (χ0) is 21.7. The molecule has 0 unspecified atom stereocenters. The Hall–Kier alpha value is -3.49. The number of benzene rings is 3. The van der Waals surface area contributed by atoms with E-state index in [1.807, 2.05) is 0 Å². The van der Waals surface area contributed by atoms with Crippen molar-refractivity contribution in [1.82, 2.24) is 0 Å². The number of rotatable bonds is 3. The van der Waals surface area contributed by atoms with Gasteiger partial charge in [0, 0.05) is 5.56 Å². The molecule has 0 N–H and O–H groups in total. The van der Waals surface area contributed by atoms with Gasteiger partial charge in [0.2, 0.25) is 0 Å². The summed E-state index contributed by atoms with van der Waals surface area (Å²) in [6.07, 6.45) is -4.79. The maximum Gasteiger partial charge on any atom is 0.573 e. The molecule has 0 radical (unpaired) electrons. The van der Waals surface area contributed by atoms with Gasteiger partial charge in [0.1, 0.15) is 22.8 Å². The molecule has 3 aromatic rings. The lowest BCUT2D eigenvalue weighted by molar-refractivity contribution is -0.274. The minimum atomic E-state index is -4.79. The Bertz CT molecular complexity index is 1170. The molecule has 0 amide bonds. The van der Waals surface area contributed by atoms with Gasteiger partial charge in [-0.15, -0.1) is 13.2 Å². The number of thiocyanates is 1. The van der Waals surface area contributed by atoms with Crippen LogP contribution in [0.1, 0.15) is 11.1 Å². The summed E-state index contributed by atoms with van der Waals surface area (Å²) in [7, 11) is 0. The van der Waals surface area contributed by atoms with Crippen molar-refractivity contribution in [3.05, 3.63) is 83.4 Å². The lowest BCUT2D eigenvalue weighted by Gasteiger charge is -2.09. The summed E-state index contributed by atoms with van der Waals surface area (Å²) in [6, 6.07) is 13.3. The van der Waals surface area contributed by atoms with E-state index in [2.05, 4.69) is 16.6 Å². The first-order valence-corrected chi connectivity index (χ1v) is 9.10. The van der Waals surface area contributed by atoms with Gasteiger partial charge < -0.3 is 4.74 Å². The molecule has 0 fully saturated rings. The molecule has 0 aliphatic rings. The molecule has 30 heavy (non-hydrogen) atoms. The molecular weight excluding hydrogens is 421 g/mol. The van der Waals surface area contributed by atoms with E-state index in [0.29, 0.717) is 28.5 Å². The molecule has 3 rings (SSSR count). The highest BCUT2D eigenvalue weighted by Crippen LogP contribution is 2.27. The Balaban J connectivity index is 1.79. The summed E-state index contributed by atoms with van der Waals surface area (Å²) in [5.41, 5.74) is 1.33. The van der Waals surface area contributed by atoms with Crippen LogP contribution in [0, 0.1) is 34.1 Å². The molecule has 2 nitrogen and oxygen atoms in total. The first-order chi connectivity index (χ1) is 14.2. The zero-order valence-electron chi connectivity index (χ0n) is 14.9. The van der Waals surface area contributed by atoms with E-state index in [1.165, 1.54) is 36.4 Å². The van der Waals surface area contributed by atoms with Gasteiger partial charge in [-0.1, -0.05) is 30.0 Å². The van der Waals surface area contributed by atoms with Gasteiger partial charge in [0.15, 0.2) is 0 Å². The lowest BCUT2D eigenvalue weighted by atomic mass is 10.0. The van der Waals surface area contributed by atoms with Crippen LogP contribution in [0.25, 0.3) is 11.1 Å². The summed E-state index contributed by atoms with van der Waals surface area (Å²) in [5.74, 6) is 3.67. The van der Waals surface area contributed by atoms with E-state index < -0.39 is 18.0 Å². The van der Waals surface area contributed by atoms with Crippen LogP contribution < -0.4 is 4.74 Å². The van der Waals surface area contributed by atoms with Crippen LogP contribution in [0.15, 0.2) is 65.6 Å². The number of alkyl halides is 3. The van der Waals surface area contributed by atoms with E-state index in [0.717, 1.165) is 18.2 Å². The fourth-order valence-electron chi connectivity index (χ4n) is 2.50. The van der Waals surface area contributed by atoms with Gasteiger partial charge >= 0.3 is 6.36 Å². The zero-order valence-corrected chi connectivity index (χ0v) is 15.7. The van der Waals surface area contributed by atoms with Crippen molar-refractivity contribution in [3.63, 3.8) is 0 Å². The number of nitriles is 1. The summed E-state index contributed by atoms with van der Waals surface area (Å²) < 4.78 is 68.7. The van der Waals surface area contributed by atoms with Crippen LogP contribution >= 0.6 is 11.8 Å². The minimum Gasteiger partial charge on any atom is -0.406 e. The molecule has 3 aromatic carbocycles. The van der Waals surface area contributed by atoms with Gasteiger partial charge in [-0.25, -0.2) is 8.78 Å². The molecule has 0 aliphatic heterocycles. The maximum absolute atomic E-state index is 14.4. The smallest absolute Gasteiger partial charge is 0.406 e. The SMILES string of the molecule is N#CSc1ccc(C#Cc2ccc(-c3ccc(OC(F)(F)F)cc3)cc2F)cc1F. The fourth-order valence-corrected chi connectivity index (χ4v) is 2.89. The van der Waals surface area contributed by atoms with Gasteiger partial charge in [-0.3, -0.25) is 0 Å². The van der Waals surface area contributed by atoms with E-state index in [4.69, 9.17) is 5.26 Å². The molecule has 0 atom stereocenters. The van der Waals surface area contributed by atoms with Crippen molar-refractivity contribution in [2.24, 2.45) is 0 Å². The molecular formula is C22H10F5NOS. The third-order valence-electron chi connectivity index (χ3n) is 3.82. The normalized spacial score (nSPS) is 10.7. The molecule has 0 spiro atoms. The average molecular weight is 431 g/mol. The van der Waals surface area contributed by atoms with Crippen LogP contribution in [0.3, 0.4) is 0 Å². The third-order valence-corrected chi connectivity index (χ3v) is 4.46. The van der Waals surface area contributed by atoms with Crippen molar-refractivity contribution in [1.29, 1.82) is 5.26 Å². The fraction of sp³-hybridized carbons (Fsp3) is 0.0455. The van der Waals surface area contributed by atoms with E-state index in [-0.39, 0.29) is 16.2 Å². The predicted molar refractivity (Wildman–Crippen MR) is 102 cm³/mol. The number of nitrogens with zero attached hydrogens (tertiary/aromatic N) is 1. The van der Waals surface area contributed by atoms with Gasteiger partial charge in [-0.05, 0) is 65.4 Å². The Morgan fingerprint density at radius 1 is 0.800 bits per heavy atom. The standard InChI is InChI=1S/C22H10F5NOS/c23-19-12-17(15-6-8-18(9-7-15)29-22(25,26)27)5-4-16(19)3-1-14-2-10-21(30-13-28)20(24)11-14/h2,4-12H. The van der Waals surface area contributed by atoms with Crippen LogP contribution in [-0.2, 0) is 0 Å². The second-order valence-corrected chi connectivity index (χ2v) is 6.68. The highest BCUT2D eigenvalue weighted by atomic mass is 32.2. The summed E-state index contributed by atoms with van der Waals surface area (Å²) >= 11 is 0.689. The molecule has 0 saturated heterocycles. The number of hydrogen-bond acceptors (Lipinski definition) is 3. The van der Waals surface area contributed by atoms with E-state index >= 15 is 0 Å². The number of hydrogen-bond donors (Lipinski definition) is 0. The average Bonchev–Trinajstić information content (AvgIpc) is 2.68. The highest BCUT2D eigenvalue weighted by Gasteiger charge is 2.30. The lowest BCUT2D eigenvalue weighted by Crippen LogP contribution is -2.16. The minimum absolute atomic E-state index is 0.0756. The molecule has 0 bridgehead atoms. The Morgan fingerprint density at radius 2 is 1.50 bits per heavy atom. The van der Waals surface area contributed by atoms with Crippen LogP contribution in [-0.4, -0.2) is 6.36 Å². The number of ether oxygens (including phenoxy) is 1. The monoisotopic (exact) mass is 431 g/mol. The number of thioether (sulfide) groups is 1. The predicted octanol–water partition coefficient (Wildman–Crippen LogP) is 6.50. The molecule has 0 heterocycles. The van der Waals surface area contributed by atoms with Crippen molar-refractivity contribution >= 4 is 11.8 Å². The molecule has 0 aromatic heterocycles.